The number of likely N-dealkylation sites (tertiary alicyclic amines) is 3. The maximum atomic E-state index is 12.3. The van der Waals surface area contributed by atoms with Crippen LogP contribution in [0.3, 0.4) is 0 Å². The van der Waals surface area contributed by atoms with Gasteiger partial charge in [-0.2, -0.15) is 0 Å². The SMILES string of the molecule is CN1C(=O)C2C3CC4C2C(=O)N(C)C4N(C)C31. The molecule has 0 spiro atoms. The van der Waals surface area contributed by atoms with Crippen LogP contribution in [0.4, 0.5) is 0 Å². The predicted molar refractivity (Wildman–Crippen MR) is 59.5 cm³/mol. The molecule has 3 heterocycles. The summed E-state index contributed by atoms with van der Waals surface area (Å²) in [5.74, 6) is 1.03. The molecule has 1 saturated carbocycles. The van der Waals surface area contributed by atoms with Crippen molar-refractivity contribution >= 4 is 11.8 Å². The van der Waals surface area contributed by atoms with Crippen LogP contribution in [-0.4, -0.2) is 60.0 Å². The van der Waals surface area contributed by atoms with Gasteiger partial charge in [0, 0.05) is 25.9 Å². The molecule has 4 fully saturated rings. The largest absolute Gasteiger partial charge is 0.329 e. The highest BCUT2D eigenvalue weighted by Gasteiger charge is 2.70. The lowest BCUT2D eigenvalue weighted by molar-refractivity contribution is -0.138. The number of carbonyl (C=O) groups excluding carboxylic acids is 2. The fourth-order valence-electron chi connectivity index (χ4n) is 5.04. The van der Waals surface area contributed by atoms with E-state index in [0.29, 0.717) is 11.8 Å². The van der Waals surface area contributed by atoms with Crippen LogP contribution in [0.1, 0.15) is 6.42 Å². The molecule has 92 valence electrons. The highest BCUT2D eigenvalue weighted by molar-refractivity contribution is 5.92. The minimum Gasteiger partial charge on any atom is -0.329 e. The zero-order valence-corrected chi connectivity index (χ0v) is 10.3. The molecule has 3 saturated heterocycles. The molecule has 0 aromatic carbocycles. The number of amides is 2. The molecule has 2 amide bonds. The first kappa shape index (κ1) is 9.88. The van der Waals surface area contributed by atoms with E-state index in [4.69, 9.17) is 0 Å². The topological polar surface area (TPSA) is 43.9 Å². The lowest BCUT2D eigenvalue weighted by Crippen LogP contribution is -2.58. The van der Waals surface area contributed by atoms with Crippen molar-refractivity contribution in [2.45, 2.75) is 18.8 Å². The molecular formula is C12H17N3O2. The minimum absolute atomic E-state index is 0.0418. The molecule has 0 aromatic rings. The predicted octanol–water partition coefficient (Wildman–Crippen LogP) is -0.603. The zero-order valence-electron chi connectivity index (χ0n) is 10.3. The highest BCUT2D eigenvalue weighted by Crippen LogP contribution is 2.59. The Morgan fingerprint density at radius 3 is 1.71 bits per heavy atom. The molecule has 5 nitrogen and oxygen atoms in total. The highest BCUT2D eigenvalue weighted by atomic mass is 16.2. The smallest absolute Gasteiger partial charge is 0.227 e. The normalized spacial score (nSPS) is 51.9. The van der Waals surface area contributed by atoms with Crippen molar-refractivity contribution in [3.8, 4) is 0 Å². The van der Waals surface area contributed by atoms with E-state index in [1.54, 1.807) is 0 Å². The van der Waals surface area contributed by atoms with Gasteiger partial charge in [-0.05, 0) is 13.5 Å². The molecule has 1 aliphatic carbocycles. The van der Waals surface area contributed by atoms with E-state index in [9.17, 15) is 9.59 Å². The summed E-state index contributed by atoms with van der Waals surface area (Å²) in [5, 5.41) is 0. The van der Waals surface area contributed by atoms with Crippen molar-refractivity contribution in [2.75, 3.05) is 21.1 Å². The number of piperidine rings is 1. The van der Waals surface area contributed by atoms with E-state index in [0.717, 1.165) is 6.42 Å². The van der Waals surface area contributed by atoms with E-state index in [1.165, 1.54) is 0 Å². The van der Waals surface area contributed by atoms with Crippen LogP contribution in [0.25, 0.3) is 0 Å². The third-order valence-electron chi connectivity index (χ3n) is 5.51. The molecule has 4 aliphatic rings. The fourth-order valence-corrected chi connectivity index (χ4v) is 5.04. The monoisotopic (exact) mass is 235 g/mol. The molecular weight excluding hydrogens is 218 g/mol. The van der Waals surface area contributed by atoms with Crippen LogP contribution in [0.5, 0.6) is 0 Å². The van der Waals surface area contributed by atoms with E-state index >= 15 is 0 Å². The fraction of sp³-hybridized carbons (Fsp3) is 0.833. The second-order valence-electron chi connectivity index (χ2n) is 6.01. The van der Waals surface area contributed by atoms with E-state index < -0.39 is 0 Å². The van der Waals surface area contributed by atoms with Gasteiger partial charge in [0.1, 0.15) is 0 Å². The Balaban J connectivity index is 1.91. The average Bonchev–Trinajstić information content (AvgIpc) is 2.81. The molecule has 6 atom stereocenters. The van der Waals surface area contributed by atoms with E-state index in [1.807, 2.05) is 23.9 Å². The molecule has 17 heavy (non-hydrogen) atoms. The standard InChI is InChI=1S/C12H17N3O2/c1-13-9-5-4-6-8(7(5)11(16)14(9)2)12(17)15(3)10(6)13/h5-10H,4H2,1-3H3. The number of nitrogens with zero attached hydrogens (tertiary/aromatic N) is 3. The van der Waals surface area contributed by atoms with Gasteiger partial charge < -0.3 is 9.80 Å². The third kappa shape index (κ3) is 0.823. The minimum atomic E-state index is -0.0418. The molecule has 5 heteroatoms. The van der Waals surface area contributed by atoms with Gasteiger partial charge in [-0.25, -0.2) is 0 Å². The average molecular weight is 235 g/mol. The Morgan fingerprint density at radius 1 is 0.882 bits per heavy atom. The molecule has 0 radical (unpaired) electrons. The summed E-state index contributed by atoms with van der Waals surface area (Å²) in [6.07, 6.45) is 1.45. The van der Waals surface area contributed by atoms with Crippen LogP contribution < -0.4 is 0 Å². The number of fused-ring (bicyclic) bond motifs is 1. The van der Waals surface area contributed by atoms with Crippen LogP contribution in [0, 0.1) is 23.7 Å². The summed E-state index contributed by atoms with van der Waals surface area (Å²) in [7, 11) is 5.82. The van der Waals surface area contributed by atoms with Crippen molar-refractivity contribution in [1.82, 2.24) is 14.7 Å². The summed E-state index contributed by atoms with van der Waals surface area (Å²) in [6, 6.07) is 0. The van der Waals surface area contributed by atoms with Crippen molar-refractivity contribution in [3.63, 3.8) is 0 Å². The third-order valence-corrected chi connectivity index (χ3v) is 5.51. The Bertz CT molecular complexity index is 399. The second-order valence-corrected chi connectivity index (χ2v) is 6.01. The molecule has 3 aliphatic heterocycles. The van der Waals surface area contributed by atoms with Gasteiger partial charge >= 0.3 is 0 Å². The molecule has 2 bridgehead atoms. The lowest BCUT2D eigenvalue weighted by atomic mass is 9.90. The summed E-state index contributed by atoms with van der Waals surface area (Å²) >= 11 is 0. The maximum absolute atomic E-state index is 12.3. The van der Waals surface area contributed by atoms with Crippen LogP contribution in [-0.2, 0) is 9.59 Å². The first-order chi connectivity index (χ1) is 8.04. The molecule has 6 unspecified atom stereocenters. The Hall–Kier alpha value is -1.10. The van der Waals surface area contributed by atoms with Gasteiger partial charge in [0.25, 0.3) is 0 Å². The van der Waals surface area contributed by atoms with E-state index in [-0.39, 0.29) is 36.0 Å². The van der Waals surface area contributed by atoms with Gasteiger partial charge in [0.05, 0.1) is 24.2 Å². The molecule has 0 N–H and O–H groups in total. The summed E-state index contributed by atoms with van der Waals surface area (Å²) in [5.41, 5.74) is 0. The number of carbonyl (C=O) groups is 2. The number of hydrogen-bond acceptors (Lipinski definition) is 3. The van der Waals surface area contributed by atoms with Crippen LogP contribution in [0.15, 0.2) is 0 Å². The Morgan fingerprint density at radius 2 is 1.29 bits per heavy atom. The Kier molecular flexibility index (Phi) is 1.55. The second kappa shape index (κ2) is 2.66. The van der Waals surface area contributed by atoms with Gasteiger partial charge in [0.15, 0.2) is 0 Å². The number of rotatable bonds is 0. The van der Waals surface area contributed by atoms with E-state index in [2.05, 4.69) is 11.9 Å². The van der Waals surface area contributed by atoms with Crippen molar-refractivity contribution in [3.05, 3.63) is 0 Å². The van der Waals surface area contributed by atoms with Gasteiger partial charge in [-0.3, -0.25) is 14.5 Å². The number of hydrogen-bond donors (Lipinski definition) is 0. The van der Waals surface area contributed by atoms with Gasteiger partial charge in [-0.1, -0.05) is 0 Å². The van der Waals surface area contributed by atoms with Crippen molar-refractivity contribution in [2.24, 2.45) is 23.7 Å². The Labute approximate surface area is 100 Å². The zero-order chi connectivity index (χ0) is 12.1. The molecule has 4 rings (SSSR count). The summed E-state index contributed by atoms with van der Waals surface area (Å²) in [4.78, 5) is 30.5. The quantitative estimate of drug-likeness (QED) is 0.563. The van der Waals surface area contributed by atoms with Crippen LogP contribution >= 0.6 is 0 Å². The first-order valence-corrected chi connectivity index (χ1v) is 6.29. The van der Waals surface area contributed by atoms with Crippen LogP contribution in [0.2, 0.25) is 0 Å². The summed E-state index contributed by atoms with van der Waals surface area (Å²) in [6.45, 7) is 0. The van der Waals surface area contributed by atoms with Crippen molar-refractivity contribution in [1.29, 1.82) is 0 Å². The molecule has 0 aromatic heterocycles. The lowest BCUT2D eigenvalue weighted by Gasteiger charge is -2.45. The maximum Gasteiger partial charge on any atom is 0.227 e. The van der Waals surface area contributed by atoms with Gasteiger partial charge in [-0.15, -0.1) is 0 Å². The summed E-state index contributed by atoms with van der Waals surface area (Å²) < 4.78 is 0. The van der Waals surface area contributed by atoms with Gasteiger partial charge in [0.2, 0.25) is 11.8 Å². The first-order valence-electron chi connectivity index (χ1n) is 6.29. The van der Waals surface area contributed by atoms with Crippen molar-refractivity contribution < 1.29 is 9.59 Å².